The van der Waals surface area contributed by atoms with Crippen LogP contribution in [0.4, 0.5) is 0 Å². The number of hydrogen-bond donors (Lipinski definition) is 1. The van der Waals surface area contributed by atoms with Gasteiger partial charge in [-0.15, -0.1) is 37.2 Å². The molecule has 0 unspecified atom stereocenters. The van der Waals surface area contributed by atoms with Gasteiger partial charge in [-0.25, -0.2) is 0 Å². The molecule has 1 N–H and O–H groups in total. The fraction of sp³-hybridized carbons (Fsp3) is 0.647. The number of likely N-dealkylation sites (tertiary alicyclic amines) is 1. The Labute approximate surface area is 160 Å². The third-order valence-electron chi connectivity index (χ3n) is 4.75. The van der Waals surface area contributed by atoms with Crippen LogP contribution in [0.15, 0.2) is 30.3 Å². The van der Waals surface area contributed by atoms with Crippen LogP contribution in [-0.4, -0.2) is 57.1 Å². The van der Waals surface area contributed by atoms with E-state index in [1.807, 2.05) is 7.05 Å². The molecule has 3 nitrogen and oxygen atoms in total. The van der Waals surface area contributed by atoms with Gasteiger partial charge in [-0.2, -0.15) is 0 Å². The van der Waals surface area contributed by atoms with E-state index in [9.17, 15) is 0 Å². The number of nitrogens with one attached hydrogen (secondary N) is 1. The summed E-state index contributed by atoms with van der Waals surface area (Å²) < 4.78 is 0. The Hall–Kier alpha value is -0.0300. The van der Waals surface area contributed by atoms with E-state index in [4.69, 9.17) is 0 Å². The minimum absolute atomic E-state index is 0. The number of benzene rings is 1. The minimum Gasteiger partial charge on any atom is -0.320 e. The van der Waals surface area contributed by atoms with Crippen molar-refractivity contribution in [3.8, 4) is 0 Å². The average molecular weight is 385 g/mol. The van der Waals surface area contributed by atoms with Gasteiger partial charge in [0.05, 0.1) is 0 Å². The molecule has 1 aromatic carbocycles. The van der Waals surface area contributed by atoms with Crippen LogP contribution in [0.2, 0.25) is 0 Å². The standard InChI is InChI=1S/C17H29N3.3ClH/c1-18-12-7-13-20-14-10-17(11-15-20,19(2)3)16-8-5-4-6-9-16;;;/h4-6,8-9,18H,7,10-15H2,1-3H3;3*1H. The Balaban J connectivity index is 0. The summed E-state index contributed by atoms with van der Waals surface area (Å²) in [6, 6.07) is 11.0. The van der Waals surface area contributed by atoms with Crippen molar-refractivity contribution in [3.63, 3.8) is 0 Å². The zero-order valence-electron chi connectivity index (χ0n) is 14.5. The molecule has 0 atom stereocenters. The highest BCUT2D eigenvalue weighted by atomic mass is 35.5. The lowest BCUT2D eigenvalue weighted by Gasteiger charge is -2.46. The molecule has 0 spiro atoms. The van der Waals surface area contributed by atoms with Crippen LogP contribution in [0.25, 0.3) is 0 Å². The molecule has 1 aromatic rings. The highest BCUT2D eigenvalue weighted by Gasteiger charge is 2.37. The van der Waals surface area contributed by atoms with Gasteiger partial charge in [-0.05, 0) is 59.1 Å². The zero-order chi connectivity index (χ0) is 14.4. The van der Waals surface area contributed by atoms with Gasteiger partial charge < -0.3 is 10.2 Å². The van der Waals surface area contributed by atoms with Crippen molar-refractivity contribution >= 4 is 37.2 Å². The van der Waals surface area contributed by atoms with Crippen LogP contribution >= 0.6 is 37.2 Å². The highest BCUT2D eigenvalue weighted by molar-refractivity contribution is 5.86. The van der Waals surface area contributed by atoms with Gasteiger partial charge in [-0.1, -0.05) is 30.3 Å². The molecule has 1 fully saturated rings. The van der Waals surface area contributed by atoms with E-state index in [0.717, 1.165) is 6.54 Å². The average Bonchev–Trinajstić information content (AvgIpc) is 2.49. The molecule has 0 bridgehead atoms. The normalized spacial score (nSPS) is 16.9. The van der Waals surface area contributed by atoms with Gasteiger partial charge in [0.25, 0.3) is 0 Å². The van der Waals surface area contributed by atoms with Crippen molar-refractivity contribution in [1.82, 2.24) is 15.1 Å². The maximum Gasteiger partial charge on any atom is 0.0479 e. The van der Waals surface area contributed by atoms with Gasteiger partial charge in [0, 0.05) is 18.6 Å². The largest absolute Gasteiger partial charge is 0.320 e. The predicted molar refractivity (Wildman–Crippen MR) is 108 cm³/mol. The van der Waals surface area contributed by atoms with Crippen LogP contribution in [0.1, 0.15) is 24.8 Å². The van der Waals surface area contributed by atoms with E-state index >= 15 is 0 Å². The fourth-order valence-electron chi connectivity index (χ4n) is 3.37. The topological polar surface area (TPSA) is 18.5 Å². The summed E-state index contributed by atoms with van der Waals surface area (Å²) in [5, 5.41) is 3.23. The molecule has 0 aromatic heterocycles. The molecule has 0 saturated carbocycles. The first kappa shape index (κ1) is 25.2. The lowest BCUT2D eigenvalue weighted by molar-refractivity contribution is 0.0535. The van der Waals surface area contributed by atoms with Gasteiger partial charge in [0.1, 0.15) is 0 Å². The van der Waals surface area contributed by atoms with E-state index in [1.54, 1.807) is 0 Å². The Morgan fingerprint density at radius 1 is 1.04 bits per heavy atom. The summed E-state index contributed by atoms with van der Waals surface area (Å²) in [5.41, 5.74) is 1.70. The lowest BCUT2D eigenvalue weighted by atomic mass is 9.80. The van der Waals surface area contributed by atoms with Gasteiger partial charge >= 0.3 is 0 Å². The van der Waals surface area contributed by atoms with Gasteiger partial charge in [0.2, 0.25) is 0 Å². The smallest absolute Gasteiger partial charge is 0.0479 e. The molecule has 1 aliphatic rings. The van der Waals surface area contributed by atoms with E-state index < -0.39 is 0 Å². The summed E-state index contributed by atoms with van der Waals surface area (Å²) in [6.07, 6.45) is 3.70. The van der Waals surface area contributed by atoms with Gasteiger partial charge in [-0.3, -0.25) is 4.90 Å². The second kappa shape index (κ2) is 12.3. The molecular formula is C17H32Cl3N3. The molecule has 2 rings (SSSR count). The van der Waals surface area contributed by atoms with Crippen LogP contribution in [0.3, 0.4) is 0 Å². The molecule has 0 amide bonds. The fourth-order valence-corrected chi connectivity index (χ4v) is 3.37. The molecular weight excluding hydrogens is 353 g/mol. The highest BCUT2D eigenvalue weighted by Crippen LogP contribution is 2.37. The summed E-state index contributed by atoms with van der Waals surface area (Å²) in [7, 11) is 6.48. The minimum atomic E-state index is 0. The third kappa shape index (κ3) is 6.41. The predicted octanol–water partition coefficient (Wildman–Crippen LogP) is 3.41. The molecule has 136 valence electrons. The number of halogens is 3. The Bertz CT molecular complexity index is 393. The van der Waals surface area contributed by atoms with E-state index in [2.05, 4.69) is 59.5 Å². The summed E-state index contributed by atoms with van der Waals surface area (Å²) in [5.74, 6) is 0. The number of rotatable bonds is 6. The second-order valence-corrected chi connectivity index (χ2v) is 6.09. The van der Waals surface area contributed by atoms with Crippen molar-refractivity contribution in [2.75, 3.05) is 47.3 Å². The lowest BCUT2D eigenvalue weighted by Crippen LogP contribution is -2.50. The van der Waals surface area contributed by atoms with E-state index in [1.165, 1.54) is 44.5 Å². The molecule has 0 radical (unpaired) electrons. The zero-order valence-corrected chi connectivity index (χ0v) is 16.9. The van der Waals surface area contributed by atoms with Crippen LogP contribution in [0.5, 0.6) is 0 Å². The van der Waals surface area contributed by atoms with Crippen LogP contribution in [0, 0.1) is 0 Å². The first-order chi connectivity index (χ1) is 9.69. The molecule has 1 heterocycles. The maximum atomic E-state index is 3.23. The van der Waals surface area contributed by atoms with Crippen molar-refractivity contribution in [1.29, 1.82) is 0 Å². The van der Waals surface area contributed by atoms with Gasteiger partial charge in [0.15, 0.2) is 0 Å². The van der Waals surface area contributed by atoms with Crippen molar-refractivity contribution in [2.24, 2.45) is 0 Å². The van der Waals surface area contributed by atoms with Crippen LogP contribution in [-0.2, 0) is 5.54 Å². The number of piperidine rings is 1. The Morgan fingerprint density at radius 2 is 1.61 bits per heavy atom. The van der Waals surface area contributed by atoms with Crippen molar-refractivity contribution < 1.29 is 0 Å². The Kier molecular flexibility index (Phi) is 13.5. The first-order valence-electron chi connectivity index (χ1n) is 7.79. The van der Waals surface area contributed by atoms with E-state index in [-0.39, 0.29) is 42.8 Å². The number of hydrogen-bond acceptors (Lipinski definition) is 3. The Morgan fingerprint density at radius 3 is 2.09 bits per heavy atom. The van der Waals surface area contributed by atoms with Crippen molar-refractivity contribution in [2.45, 2.75) is 24.8 Å². The third-order valence-corrected chi connectivity index (χ3v) is 4.75. The molecule has 23 heavy (non-hydrogen) atoms. The molecule has 0 aliphatic carbocycles. The monoisotopic (exact) mass is 383 g/mol. The quantitative estimate of drug-likeness (QED) is 0.758. The SMILES string of the molecule is CNCCCN1CCC(c2ccccc2)(N(C)C)CC1.Cl.Cl.Cl. The number of nitrogens with zero attached hydrogens (tertiary/aromatic N) is 2. The summed E-state index contributed by atoms with van der Waals surface area (Å²) in [4.78, 5) is 5.04. The molecule has 1 saturated heterocycles. The molecule has 6 heteroatoms. The molecule has 1 aliphatic heterocycles. The first-order valence-corrected chi connectivity index (χ1v) is 7.79. The maximum absolute atomic E-state index is 3.23. The second-order valence-electron chi connectivity index (χ2n) is 6.09. The van der Waals surface area contributed by atoms with E-state index in [0.29, 0.717) is 0 Å². The summed E-state index contributed by atoms with van der Waals surface area (Å²) >= 11 is 0. The van der Waals surface area contributed by atoms with Crippen molar-refractivity contribution in [3.05, 3.63) is 35.9 Å². The van der Waals surface area contributed by atoms with Crippen LogP contribution < -0.4 is 5.32 Å². The summed E-state index contributed by atoms with van der Waals surface area (Å²) in [6.45, 7) is 4.75.